The lowest BCUT2D eigenvalue weighted by Gasteiger charge is -2.19. The van der Waals surface area contributed by atoms with E-state index in [0.29, 0.717) is 18.1 Å². The molecule has 0 radical (unpaired) electrons. The van der Waals surface area contributed by atoms with Gasteiger partial charge < -0.3 is 10.6 Å². The fraction of sp³-hybridized carbons (Fsp3) is 0.353. The Morgan fingerprint density at radius 3 is 2.32 bits per heavy atom. The number of amides is 1. The van der Waals surface area contributed by atoms with Crippen molar-refractivity contribution in [1.82, 2.24) is 15.3 Å². The van der Waals surface area contributed by atoms with E-state index in [0.717, 1.165) is 0 Å². The summed E-state index contributed by atoms with van der Waals surface area (Å²) >= 11 is 0. The molecule has 2 aromatic rings. The molecule has 0 aliphatic carbocycles. The number of nitrogens with zero attached hydrogens (tertiary/aromatic N) is 2. The van der Waals surface area contributed by atoms with Crippen LogP contribution in [-0.4, -0.2) is 21.4 Å². The van der Waals surface area contributed by atoms with Gasteiger partial charge in [0, 0.05) is 12.1 Å². The van der Waals surface area contributed by atoms with Crippen LogP contribution in [0.2, 0.25) is 0 Å². The highest BCUT2D eigenvalue weighted by Crippen LogP contribution is 2.08. The molecule has 0 spiro atoms. The third kappa shape index (κ3) is 4.84. The van der Waals surface area contributed by atoms with Gasteiger partial charge in [0.05, 0.1) is 12.4 Å². The van der Waals surface area contributed by atoms with Crippen LogP contribution in [0.25, 0.3) is 0 Å². The SMILES string of the molecule is Cc1ccc(CNc2cnc(C(=O)NC(C)(C)C)cn2)cc1. The number of anilines is 1. The van der Waals surface area contributed by atoms with Crippen LogP contribution in [0.5, 0.6) is 0 Å². The Bertz CT molecular complexity index is 627. The molecular weight excluding hydrogens is 276 g/mol. The lowest BCUT2D eigenvalue weighted by molar-refractivity contribution is 0.0914. The van der Waals surface area contributed by atoms with Crippen molar-refractivity contribution in [2.75, 3.05) is 5.32 Å². The van der Waals surface area contributed by atoms with Gasteiger partial charge in [-0.05, 0) is 33.3 Å². The Labute approximate surface area is 131 Å². The minimum atomic E-state index is -0.291. The van der Waals surface area contributed by atoms with Crippen molar-refractivity contribution in [3.05, 3.63) is 53.5 Å². The molecule has 116 valence electrons. The van der Waals surface area contributed by atoms with Crippen molar-refractivity contribution in [3.63, 3.8) is 0 Å². The summed E-state index contributed by atoms with van der Waals surface area (Å²) in [5, 5.41) is 6.05. The molecule has 0 bridgehead atoms. The molecule has 1 heterocycles. The number of carbonyl (C=O) groups is 1. The third-order valence-electron chi connectivity index (χ3n) is 2.97. The molecule has 0 aliphatic heterocycles. The highest BCUT2D eigenvalue weighted by Gasteiger charge is 2.16. The lowest BCUT2D eigenvalue weighted by atomic mass is 10.1. The smallest absolute Gasteiger partial charge is 0.271 e. The van der Waals surface area contributed by atoms with Crippen molar-refractivity contribution in [1.29, 1.82) is 0 Å². The lowest BCUT2D eigenvalue weighted by Crippen LogP contribution is -2.40. The van der Waals surface area contributed by atoms with Crippen LogP contribution in [0.1, 0.15) is 42.4 Å². The van der Waals surface area contributed by atoms with Gasteiger partial charge in [-0.1, -0.05) is 29.8 Å². The predicted octanol–water partition coefficient (Wildman–Crippen LogP) is 2.93. The van der Waals surface area contributed by atoms with Gasteiger partial charge in [-0.15, -0.1) is 0 Å². The van der Waals surface area contributed by atoms with Crippen molar-refractivity contribution >= 4 is 11.7 Å². The van der Waals surface area contributed by atoms with E-state index in [1.54, 1.807) is 6.20 Å². The monoisotopic (exact) mass is 298 g/mol. The van der Waals surface area contributed by atoms with Gasteiger partial charge in [0.15, 0.2) is 0 Å². The maximum atomic E-state index is 11.9. The first-order chi connectivity index (χ1) is 10.3. The number of rotatable bonds is 4. The summed E-state index contributed by atoms with van der Waals surface area (Å²) in [7, 11) is 0. The molecule has 5 nitrogen and oxygen atoms in total. The first kappa shape index (κ1) is 15.9. The topological polar surface area (TPSA) is 66.9 Å². The number of nitrogens with one attached hydrogen (secondary N) is 2. The molecule has 22 heavy (non-hydrogen) atoms. The fourth-order valence-electron chi connectivity index (χ4n) is 1.84. The normalized spacial score (nSPS) is 11.1. The van der Waals surface area contributed by atoms with E-state index in [2.05, 4.69) is 51.8 Å². The third-order valence-corrected chi connectivity index (χ3v) is 2.97. The molecule has 2 N–H and O–H groups in total. The average Bonchev–Trinajstić information content (AvgIpc) is 2.45. The summed E-state index contributed by atoms with van der Waals surface area (Å²) in [6.45, 7) is 8.51. The van der Waals surface area contributed by atoms with E-state index in [4.69, 9.17) is 0 Å². The molecular formula is C17H22N4O. The highest BCUT2D eigenvalue weighted by atomic mass is 16.2. The number of benzene rings is 1. The summed E-state index contributed by atoms with van der Waals surface area (Å²) < 4.78 is 0. The van der Waals surface area contributed by atoms with Crippen molar-refractivity contribution in [2.24, 2.45) is 0 Å². The molecule has 0 saturated carbocycles. The predicted molar refractivity (Wildman–Crippen MR) is 87.8 cm³/mol. The molecule has 0 atom stereocenters. The Balaban J connectivity index is 1.94. The van der Waals surface area contributed by atoms with Crippen LogP contribution < -0.4 is 10.6 Å². The van der Waals surface area contributed by atoms with Crippen molar-refractivity contribution < 1.29 is 4.79 Å². The zero-order valence-corrected chi connectivity index (χ0v) is 13.5. The van der Waals surface area contributed by atoms with Gasteiger partial charge in [0.25, 0.3) is 5.91 Å². The maximum Gasteiger partial charge on any atom is 0.271 e. The summed E-state index contributed by atoms with van der Waals surface area (Å²) in [5.41, 5.74) is 2.43. The largest absolute Gasteiger partial charge is 0.365 e. The van der Waals surface area contributed by atoms with E-state index >= 15 is 0 Å². The minimum absolute atomic E-state index is 0.218. The average molecular weight is 298 g/mol. The molecule has 1 aromatic heterocycles. The van der Waals surface area contributed by atoms with E-state index in [1.165, 1.54) is 17.3 Å². The molecule has 5 heteroatoms. The molecule has 1 aromatic carbocycles. The van der Waals surface area contributed by atoms with Crippen LogP contribution in [0.15, 0.2) is 36.7 Å². The van der Waals surface area contributed by atoms with E-state index in [1.807, 2.05) is 20.8 Å². The van der Waals surface area contributed by atoms with Crippen LogP contribution in [0.4, 0.5) is 5.82 Å². The molecule has 0 saturated heterocycles. The Kier molecular flexibility index (Phi) is 4.75. The van der Waals surface area contributed by atoms with Gasteiger partial charge in [-0.3, -0.25) is 4.79 Å². The van der Waals surface area contributed by atoms with Gasteiger partial charge >= 0.3 is 0 Å². The molecule has 0 fully saturated rings. The Morgan fingerprint density at radius 2 is 1.77 bits per heavy atom. The quantitative estimate of drug-likeness (QED) is 0.910. The number of hydrogen-bond acceptors (Lipinski definition) is 4. The second-order valence-electron chi connectivity index (χ2n) is 6.33. The standard InChI is InChI=1S/C17H22N4O/c1-12-5-7-13(8-6-12)9-19-15-11-18-14(10-20-15)16(22)21-17(2,3)4/h5-8,10-11H,9H2,1-4H3,(H,19,20)(H,21,22). The summed E-state index contributed by atoms with van der Waals surface area (Å²) in [4.78, 5) is 20.3. The number of carbonyl (C=O) groups excluding carboxylic acids is 1. The van der Waals surface area contributed by atoms with E-state index in [-0.39, 0.29) is 11.4 Å². The molecule has 0 aliphatic rings. The van der Waals surface area contributed by atoms with Gasteiger partial charge in [0.1, 0.15) is 11.5 Å². The molecule has 1 amide bonds. The molecule has 2 rings (SSSR count). The Morgan fingerprint density at radius 1 is 1.09 bits per heavy atom. The van der Waals surface area contributed by atoms with E-state index in [9.17, 15) is 4.79 Å². The van der Waals surface area contributed by atoms with Crippen LogP contribution in [0.3, 0.4) is 0 Å². The first-order valence-corrected chi connectivity index (χ1v) is 7.27. The number of hydrogen-bond donors (Lipinski definition) is 2. The van der Waals surface area contributed by atoms with Crippen LogP contribution in [-0.2, 0) is 6.54 Å². The maximum absolute atomic E-state index is 11.9. The first-order valence-electron chi connectivity index (χ1n) is 7.27. The zero-order valence-electron chi connectivity index (χ0n) is 13.5. The van der Waals surface area contributed by atoms with Crippen LogP contribution in [0, 0.1) is 6.92 Å². The zero-order chi connectivity index (χ0) is 16.2. The fourth-order valence-corrected chi connectivity index (χ4v) is 1.84. The summed E-state index contributed by atoms with van der Waals surface area (Å²) in [6.07, 6.45) is 3.06. The summed E-state index contributed by atoms with van der Waals surface area (Å²) in [5.74, 6) is 0.429. The molecule has 0 unspecified atom stereocenters. The summed E-state index contributed by atoms with van der Waals surface area (Å²) in [6, 6.07) is 8.28. The number of aryl methyl sites for hydroxylation is 1. The van der Waals surface area contributed by atoms with Gasteiger partial charge in [-0.2, -0.15) is 0 Å². The van der Waals surface area contributed by atoms with Gasteiger partial charge in [-0.25, -0.2) is 9.97 Å². The van der Waals surface area contributed by atoms with Gasteiger partial charge in [0.2, 0.25) is 0 Å². The van der Waals surface area contributed by atoms with Crippen molar-refractivity contribution in [3.8, 4) is 0 Å². The Hall–Kier alpha value is -2.43. The second-order valence-corrected chi connectivity index (χ2v) is 6.33. The van der Waals surface area contributed by atoms with Crippen LogP contribution >= 0.6 is 0 Å². The second kappa shape index (κ2) is 6.56. The van der Waals surface area contributed by atoms with E-state index < -0.39 is 0 Å². The van der Waals surface area contributed by atoms with Crippen molar-refractivity contribution in [2.45, 2.75) is 39.8 Å². The minimum Gasteiger partial charge on any atom is -0.365 e. The highest BCUT2D eigenvalue weighted by molar-refractivity contribution is 5.92. The number of aromatic nitrogens is 2.